The van der Waals surface area contributed by atoms with E-state index in [1.807, 2.05) is 47.8 Å². The quantitative estimate of drug-likeness (QED) is 0.501. The molecule has 0 spiro atoms. The number of alkyl halides is 1. The molecule has 0 bridgehead atoms. The van der Waals surface area contributed by atoms with Crippen LogP contribution in [0.15, 0.2) is 52.1 Å². The molecular weight excluding hydrogens is 287 g/mol. The maximum absolute atomic E-state index is 8.72. The van der Waals surface area contributed by atoms with E-state index in [0.29, 0.717) is 7.69 Å². The number of thiophene rings is 1. The first-order chi connectivity index (χ1) is 8.81. The minimum Gasteiger partial charge on any atom is -0.429 e. The summed E-state index contributed by atoms with van der Waals surface area (Å²) < 4.78 is 6.15. The molecule has 93 valence electrons. The van der Waals surface area contributed by atoms with E-state index in [9.17, 15) is 0 Å². The zero-order valence-electron chi connectivity index (χ0n) is 9.40. The van der Waals surface area contributed by atoms with Crippen molar-refractivity contribution in [2.75, 3.05) is 0 Å². The summed E-state index contributed by atoms with van der Waals surface area (Å²) in [6, 6.07) is 13.9. The molecule has 2 unspecified atom stereocenters. The zero-order chi connectivity index (χ0) is 12.8. The van der Waals surface area contributed by atoms with Crippen molar-refractivity contribution < 1.29 is 9.68 Å². The van der Waals surface area contributed by atoms with Crippen molar-refractivity contribution in [2.45, 2.75) is 15.0 Å². The highest BCUT2D eigenvalue weighted by molar-refractivity contribution is 8.01. The largest absolute Gasteiger partial charge is 0.486 e. The van der Waals surface area contributed by atoms with E-state index < -0.39 is 5.56 Å². The fourth-order valence-corrected chi connectivity index (χ4v) is 3.87. The van der Waals surface area contributed by atoms with Crippen LogP contribution in [-0.4, -0.2) is 18.3 Å². The average molecular weight is 298 g/mol. The second kappa shape index (κ2) is 7.21. The minimum absolute atomic E-state index is 0.0742. The predicted octanol–water partition coefficient (Wildman–Crippen LogP) is 3.69. The Labute approximate surface area is 120 Å². The highest BCUT2D eigenvalue weighted by atomic mass is 35.5. The van der Waals surface area contributed by atoms with Crippen LogP contribution >= 0.6 is 34.7 Å². The molecule has 0 fully saturated rings. The van der Waals surface area contributed by atoms with Crippen LogP contribution in [-0.2, 0) is 4.65 Å². The summed E-state index contributed by atoms with van der Waals surface area (Å²) in [5.74, 6) is 0. The highest BCUT2D eigenvalue weighted by Gasteiger charge is 2.23. The van der Waals surface area contributed by atoms with E-state index >= 15 is 0 Å². The maximum atomic E-state index is 8.72. The summed E-state index contributed by atoms with van der Waals surface area (Å²) >= 11 is 9.45. The van der Waals surface area contributed by atoms with Crippen LogP contribution in [0.4, 0.5) is 0 Å². The third kappa shape index (κ3) is 3.77. The van der Waals surface area contributed by atoms with Gasteiger partial charge in [-0.25, -0.2) is 0 Å². The van der Waals surface area contributed by atoms with Gasteiger partial charge in [0, 0.05) is 0 Å². The van der Waals surface area contributed by atoms with Crippen molar-refractivity contribution in [3.63, 3.8) is 0 Å². The van der Waals surface area contributed by atoms with E-state index in [1.54, 1.807) is 23.1 Å². The van der Waals surface area contributed by atoms with Gasteiger partial charge in [0.05, 0.1) is 9.46 Å². The lowest BCUT2D eigenvalue weighted by Gasteiger charge is -2.21. The fraction of sp³-hybridized carbons (Fsp3) is 0.167. The predicted molar refractivity (Wildman–Crippen MR) is 78.1 cm³/mol. The van der Waals surface area contributed by atoms with Gasteiger partial charge < -0.3 is 9.68 Å². The first kappa shape index (κ1) is 14.0. The summed E-state index contributed by atoms with van der Waals surface area (Å²) in [5, 5.41) is 10.7. The van der Waals surface area contributed by atoms with Gasteiger partial charge in [0.2, 0.25) is 0 Å². The normalized spacial score (nSPS) is 14.1. The minimum atomic E-state index is -0.621. The van der Waals surface area contributed by atoms with Gasteiger partial charge in [-0.1, -0.05) is 48.0 Å². The third-order valence-corrected chi connectivity index (χ3v) is 5.18. The summed E-state index contributed by atoms with van der Waals surface area (Å²) in [6.45, 7) is 0. The van der Waals surface area contributed by atoms with Crippen LogP contribution < -0.4 is 0 Å². The van der Waals surface area contributed by atoms with E-state index in [0.717, 1.165) is 9.77 Å². The van der Waals surface area contributed by atoms with Crippen LogP contribution in [0.5, 0.6) is 0 Å². The molecule has 0 saturated carbocycles. The topological polar surface area (TPSA) is 29.5 Å². The molecule has 2 rings (SSSR count). The number of benzene rings is 1. The Morgan fingerprint density at radius 3 is 2.61 bits per heavy atom. The van der Waals surface area contributed by atoms with Gasteiger partial charge in [-0.2, -0.15) is 0 Å². The van der Waals surface area contributed by atoms with Crippen molar-refractivity contribution in [2.24, 2.45) is 0 Å². The Bertz CT molecular complexity index is 452. The summed E-state index contributed by atoms with van der Waals surface area (Å²) in [4.78, 5) is 0. The van der Waals surface area contributed by atoms with Crippen molar-refractivity contribution in [3.8, 4) is 0 Å². The lowest BCUT2D eigenvalue weighted by atomic mass is 10.1. The van der Waals surface area contributed by atoms with Crippen LogP contribution in [0.2, 0.25) is 0 Å². The molecular formula is C12H11BClO2S2. The molecule has 1 N–H and O–H groups in total. The summed E-state index contributed by atoms with van der Waals surface area (Å²) in [5.41, 5.74) is 0.447. The lowest BCUT2D eigenvalue weighted by molar-refractivity contribution is 0.251. The molecule has 18 heavy (non-hydrogen) atoms. The van der Waals surface area contributed by atoms with E-state index in [1.165, 1.54) is 0 Å². The van der Waals surface area contributed by atoms with E-state index in [4.69, 9.17) is 21.3 Å². The summed E-state index contributed by atoms with van der Waals surface area (Å²) in [7, 11) is 0.641. The highest BCUT2D eigenvalue weighted by Crippen LogP contribution is 2.41. The Morgan fingerprint density at radius 2 is 2.00 bits per heavy atom. The van der Waals surface area contributed by atoms with Crippen LogP contribution in [0.25, 0.3) is 0 Å². The molecule has 2 nitrogen and oxygen atoms in total. The Kier molecular flexibility index (Phi) is 5.60. The Balaban J connectivity index is 2.17. The second-order valence-corrected chi connectivity index (χ2v) is 6.29. The first-order valence-electron chi connectivity index (χ1n) is 5.32. The van der Waals surface area contributed by atoms with Crippen molar-refractivity contribution in [3.05, 3.63) is 53.4 Å². The standard InChI is InChI=1S/C12H11BClO2S2/c14-12(16-13-15)11(9-5-2-1-3-6-9)18-10-7-4-8-17-10/h1-8,11-12,15H. The zero-order valence-corrected chi connectivity index (χ0v) is 11.8. The molecule has 1 radical (unpaired) electrons. The first-order valence-corrected chi connectivity index (χ1v) is 7.51. The Hall–Kier alpha value is -0.455. The lowest BCUT2D eigenvalue weighted by Crippen LogP contribution is -2.16. The molecule has 2 atom stereocenters. The van der Waals surface area contributed by atoms with Gasteiger partial charge in [-0.05, 0) is 17.0 Å². The van der Waals surface area contributed by atoms with Crippen LogP contribution in [0, 0.1) is 0 Å². The monoisotopic (exact) mass is 297 g/mol. The number of thioether (sulfide) groups is 1. The van der Waals surface area contributed by atoms with Gasteiger partial charge in [-0.15, -0.1) is 23.1 Å². The molecule has 0 saturated heterocycles. The molecule has 1 aromatic carbocycles. The van der Waals surface area contributed by atoms with Crippen molar-refractivity contribution >= 4 is 42.4 Å². The molecule has 1 aromatic heterocycles. The van der Waals surface area contributed by atoms with Gasteiger partial charge in [-0.3, -0.25) is 0 Å². The second-order valence-electron chi connectivity index (χ2n) is 3.47. The van der Waals surface area contributed by atoms with Crippen molar-refractivity contribution in [1.29, 1.82) is 0 Å². The molecule has 1 heterocycles. The third-order valence-electron chi connectivity index (χ3n) is 2.30. The molecule has 6 heteroatoms. The molecule has 0 aliphatic carbocycles. The van der Waals surface area contributed by atoms with E-state index in [2.05, 4.69) is 0 Å². The number of hydrogen-bond donors (Lipinski definition) is 1. The van der Waals surface area contributed by atoms with E-state index in [-0.39, 0.29) is 5.25 Å². The molecule has 0 aliphatic rings. The fourth-order valence-electron chi connectivity index (χ4n) is 1.50. The van der Waals surface area contributed by atoms with Gasteiger partial charge in [0.15, 0.2) is 0 Å². The average Bonchev–Trinajstić information content (AvgIpc) is 2.90. The van der Waals surface area contributed by atoms with Gasteiger partial charge in [0.1, 0.15) is 5.56 Å². The summed E-state index contributed by atoms with van der Waals surface area (Å²) in [6.07, 6.45) is 0. The SMILES string of the molecule is O[B]OC(Cl)C(Sc1cccs1)c1ccccc1. The van der Waals surface area contributed by atoms with Crippen molar-refractivity contribution in [1.82, 2.24) is 0 Å². The van der Waals surface area contributed by atoms with Gasteiger partial charge >= 0.3 is 7.69 Å². The maximum Gasteiger partial charge on any atom is 0.486 e. The Morgan fingerprint density at radius 1 is 1.22 bits per heavy atom. The number of rotatable bonds is 6. The molecule has 0 aliphatic heterocycles. The molecule has 2 aromatic rings. The smallest absolute Gasteiger partial charge is 0.429 e. The molecule has 0 amide bonds. The van der Waals surface area contributed by atoms with Crippen LogP contribution in [0.3, 0.4) is 0 Å². The van der Waals surface area contributed by atoms with Gasteiger partial charge in [0.25, 0.3) is 0 Å². The van der Waals surface area contributed by atoms with Crippen LogP contribution in [0.1, 0.15) is 10.8 Å². The number of halogens is 1. The number of hydrogen-bond acceptors (Lipinski definition) is 4.